The Morgan fingerprint density at radius 2 is 1.80 bits per heavy atom. The summed E-state index contributed by atoms with van der Waals surface area (Å²) >= 11 is 0. The Morgan fingerprint density at radius 3 is 2.24 bits per heavy atom. The van der Waals surface area contributed by atoms with Crippen molar-refractivity contribution in [1.29, 1.82) is 0 Å². The Hall–Kier alpha value is -1.81. The first kappa shape index (κ1) is 21.2. The maximum Gasteiger partial charge on any atom is 0.389 e. The molecule has 0 fully saturated rings. The molecule has 0 heterocycles. The van der Waals surface area contributed by atoms with E-state index in [1.165, 1.54) is 13.2 Å². The number of ether oxygens (including phenoxy) is 1. The van der Waals surface area contributed by atoms with Crippen molar-refractivity contribution in [1.82, 2.24) is 0 Å². The third-order valence-electron chi connectivity index (χ3n) is 2.90. The first-order chi connectivity index (χ1) is 11.6. The summed E-state index contributed by atoms with van der Waals surface area (Å²) in [5.41, 5.74) is 2.20. The standard InChI is InChI=1S/C11H17N3O9P2/c1-20-10-7-8(14(15)16)5-6-9(10)12-13-11(24(17,18)21-2)25(19,22-3)23-4/h5-7,12H,1-4H3,(H,17,18). The van der Waals surface area contributed by atoms with E-state index in [9.17, 15) is 24.1 Å². The largest absolute Gasteiger partial charge is 0.494 e. The van der Waals surface area contributed by atoms with Gasteiger partial charge in [-0.15, -0.1) is 0 Å². The molecule has 140 valence electrons. The Bertz CT molecular complexity index is 759. The van der Waals surface area contributed by atoms with Gasteiger partial charge in [0.05, 0.1) is 23.8 Å². The molecule has 0 saturated heterocycles. The summed E-state index contributed by atoms with van der Waals surface area (Å²) < 4.78 is 43.2. The number of rotatable bonds is 9. The van der Waals surface area contributed by atoms with E-state index in [1.807, 2.05) is 0 Å². The van der Waals surface area contributed by atoms with Crippen LogP contribution in [0.25, 0.3) is 0 Å². The molecule has 1 atom stereocenters. The molecule has 1 aromatic rings. The molecular formula is C11H17N3O9P2. The van der Waals surface area contributed by atoms with E-state index in [0.29, 0.717) is 0 Å². The fraction of sp³-hybridized carbons (Fsp3) is 0.364. The van der Waals surface area contributed by atoms with Crippen molar-refractivity contribution in [2.75, 3.05) is 33.9 Å². The van der Waals surface area contributed by atoms with Crippen molar-refractivity contribution in [3.8, 4) is 5.75 Å². The summed E-state index contributed by atoms with van der Waals surface area (Å²) in [5.74, 6) is 0.0205. The molecule has 0 saturated carbocycles. The van der Waals surface area contributed by atoms with Gasteiger partial charge in [-0.1, -0.05) is 0 Å². The minimum atomic E-state index is -4.60. The molecular weight excluding hydrogens is 380 g/mol. The van der Waals surface area contributed by atoms with Gasteiger partial charge in [-0.05, 0) is 6.07 Å². The highest BCUT2D eigenvalue weighted by Gasteiger charge is 2.44. The van der Waals surface area contributed by atoms with Crippen LogP contribution in [-0.4, -0.2) is 43.4 Å². The molecule has 0 spiro atoms. The van der Waals surface area contributed by atoms with E-state index >= 15 is 0 Å². The SMILES string of the molecule is COc1cc([N+](=O)[O-])ccc1NN=C(P(=O)(O)OC)P(=O)(OC)OC. The minimum absolute atomic E-state index is 0.0205. The first-order valence-electron chi connectivity index (χ1n) is 6.42. The van der Waals surface area contributed by atoms with E-state index in [4.69, 9.17) is 4.74 Å². The summed E-state index contributed by atoms with van der Waals surface area (Å²) in [6, 6.07) is 3.51. The number of benzene rings is 1. The van der Waals surface area contributed by atoms with Crippen LogP contribution in [0.2, 0.25) is 0 Å². The van der Waals surface area contributed by atoms with E-state index < -0.39 is 25.3 Å². The van der Waals surface area contributed by atoms with Crippen LogP contribution in [0.15, 0.2) is 23.3 Å². The van der Waals surface area contributed by atoms with Gasteiger partial charge < -0.3 is 23.2 Å². The van der Waals surface area contributed by atoms with Gasteiger partial charge >= 0.3 is 15.2 Å². The Labute approximate surface area is 142 Å². The second-order valence-corrected chi connectivity index (χ2v) is 8.56. The van der Waals surface area contributed by atoms with Crippen molar-refractivity contribution in [2.24, 2.45) is 5.10 Å². The normalized spacial score (nSPS) is 14.7. The van der Waals surface area contributed by atoms with Gasteiger partial charge in [-0.2, -0.15) is 5.10 Å². The number of hydrogen-bond donors (Lipinski definition) is 2. The predicted octanol–water partition coefficient (Wildman–Crippen LogP) is 2.60. The zero-order chi connectivity index (χ0) is 19.3. The fourth-order valence-electron chi connectivity index (χ4n) is 1.59. The molecule has 0 aliphatic carbocycles. The number of nitrogens with zero attached hydrogens (tertiary/aromatic N) is 2. The third-order valence-corrected chi connectivity index (χ3v) is 7.04. The van der Waals surface area contributed by atoms with Crippen LogP contribution in [0.3, 0.4) is 0 Å². The molecule has 1 rings (SSSR count). The molecule has 1 aromatic carbocycles. The zero-order valence-corrected chi connectivity index (χ0v) is 15.5. The number of non-ortho nitro benzene ring substituents is 1. The fourth-order valence-corrected chi connectivity index (χ4v) is 4.56. The highest BCUT2D eigenvalue weighted by molar-refractivity contribution is 7.98. The molecule has 12 nitrogen and oxygen atoms in total. The lowest BCUT2D eigenvalue weighted by atomic mass is 10.2. The van der Waals surface area contributed by atoms with Crippen LogP contribution in [0, 0.1) is 10.1 Å². The van der Waals surface area contributed by atoms with E-state index in [2.05, 4.69) is 24.1 Å². The summed E-state index contributed by atoms with van der Waals surface area (Å²) in [5, 5.41) is 13.5. The smallest absolute Gasteiger partial charge is 0.389 e. The second kappa shape index (κ2) is 8.52. The average Bonchev–Trinajstić information content (AvgIpc) is 2.61. The number of hydrazone groups is 1. The van der Waals surface area contributed by atoms with Gasteiger partial charge in [0.15, 0.2) is 5.75 Å². The molecule has 0 bridgehead atoms. The van der Waals surface area contributed by atoms with Crippen LogP contribution < -0.4 is 10.2 Å². The molecule has 25 heavy (non-hydrogen) atoms. The lowest BCUT2D eigenvalue weighted by Gasteiger charge is -2.19. The maximum absolute atomic E-state index is 12.4. The molecule has 0 radical (unpaired) electrons. The van der Waals surface area contributed by atoms with Gasteiger partial charge in [0, 0.05) is 27.4 Å². The van der Waals surface area contributed by atoms with Crippen molar-refractivity contribution in [3.63, 3.8) is 0 Å². The highest BCUT2D eigenvalue weighted by Crippen LogP contribution is 2.62. The lowest BCUT2D eigenvalue weighted by molar-refractivity contribution is -0.384. The Morgan fingerprint density at radius 1 is 1.20 bits per heavy atom. The molecule has 1 unspecified atom stereocenters. The molecule has 0 aromatic heterocycles. The summed E-state index contributed by atoms with van der Waals surface area (Å²) in [7, 11) is -4.63. The molecule has 14 heteroatoms. The number of nitro benzene ring substituents is 1. The van der Waals surface area contributed by atoms with Gasteiger partial charge in [0.1, 0.15) is 0 Å². The molecule has 0 amide bonds. The number of nitro groups is 1. The maximum atomic E-state index is 12.4. The van der Waals surface area contributed by atoms with Crippen LogP contribution in [0.1, 0.15) is 0 Å². The second-order valence-electron chi connectivity index (χ2n) is 4.23. The monoisotopic (exact) mass is 397 g/mol. The highest BCUT2D eigenvalue weighted by atomic mass is 31.2. The summed E-state index contributed by atoms with van der Waals surface area (Å²) in [6.07, 6.45) is 0. The van der Waals surface area contributed by atoms with Crippen LogP contribution in [0.5, 0.6) is 5.75 Å². The summed E-state index contributed by atoms with van der Waals surface area (Å²) in [6.45, 7) is 0. The predicted molar refractivity (Wildman–Crippen MR) is 89.2 cm³/mol. The number of anilines is 1. The summed E-state index contributed by atoms with van der Waals surface area (Å²) in [4.78, 5) is 20.0. The van der Waals surface area contributed by atoms with Gasteiger partial charge in [0.25, 0.3) is 10.9 Å². The minimum Gasteiger partial charge on any atom is -0.494 e. The van der Waals surface area contributed by atoms with Crippen molar-refractivity contribution in [2.45, 2.75) is 0 Å². The lowest BCUT2D eigenvalue weighted by Crippen LogP contribution is -2.09. The van der Waals surface area contributed by atoms with Gasteiger partial charge in [-0.3, -0.25) is 24.7 Å². The van der Waals surface area contributed by atoms with Crippen LogP contribution >= 0.6 is 15.2 Å². The molecule has 0 aliphatic heterocycles. The average molecular weight is 397 g/mol. The van der Waals surface area contributed by atoms with E-state index in [1.54, 1.807) is 0 Å². The van der Waals surface area contributed by atoms with Crippen LogP contribution in [0.4, 0.5) is 11.4 Å². The number of methoxy groups -OCH3 is 1. The molecule has 2 N–H and O–H groups in total. The zero-order valence-electron chi connectivity index (χ0n) is 13.7. The molecule has 0 aliphatic rings. The first-order valence-corrected chi connectivity index (χ1v) is 9.54. The van der Waals surface area contributed by atoms with Gasteiger partial charge in [0.2, 0.25) is 0 Å². The van der Waals surface area contributed by atoms with Crippen LogP contribution in [-0.2, 0) is 22.7 Å². The number of nitrogens with one attached hydrogen (secondary N) is 1. The Balaban J connectivity index is 3.36. The van der Waals surface area contributed by atoms with E-state index in [0.717, 1.165) is 33.5 Å². The van der Waals surface area contributed by atoms with Gasteiger partial charge in [-0.25, -0.2) is 0 Å². The van der Waals surface area contributed by atoms with Crippen molar-refractivity contribution >= 4 is 31.8 Å². The van der Waals surface area contributed by atoms with Crippen molar-refractivity contribution < 1.29 is 37.3 Å². The van der Waals surface area contributed by atoms with Crippen molar-refractivity contribution in [3.05, 3.63) is 28.3 Å². The third kappa shape index (κ3) is 4.85. The van der Waals surface area contributed by atoms with E-state index in [-0.39, 0.29) is 17.1 Å². The number of hydrogen-bond acceptors (Lipinski definition) is 10. The quantitative estimate of drug-likeness (QED) is 0.274. The topological polar surface area (TPSA) is 159 Å². The Kier molecular flexibility index (Phi) is 7.24.